The maximum absolute atomic E-state index is 12.1. The zero-order chi connectivity index (χ0) is 18.1. The Labute approximate surface area is 152 Å². The van der Waals surface area contributed by atoms with Crippen LogP contribution < -0.4 is 10.6 Å². The highest BCUT2D eigenvalue weighted by atomic mass is 32.1. The molecular formula is C18H25N3O3S. The lowest BCUT2D eigenvalue weighted by Gasteiger charge is -2.14. The first-order valence-corrected chi connectivity index (χ1v) is 9.56. The molecule has 0 spiro atoms. The summed E-state index contributed by atoms with van der Waals surface area (Å²) >= 11 is 1.29. The summed E-state index contributed by atoms with van der Waals surface area (Å²) in [4.78, 5) is 28.2. The minimum atomic E-state index is -0.350. The lowest BCUT2D eigenvalue weighted by molar-refractivity contribution is -0.120. The number of aromatic nitrogens is 1. The molecule has 1 atom stereocenters. The molecule has 0 saturated heterocycles. The molecule has 6 nitrogen and oxygen atoms in total. The van der Waals surface area contributed by atoms with Crippen LogP contribution in [0.15, 0.2) is 28.2 Å². The summed E-state index contributed by atoms with van der Waals surface area (Å²) in [5.74, 6) is 0.371. The molecule has 0 aliphatic carbocycles. The number of rotatable bonds is 10. The van der Waals surface area contributed by atoms with Crippen molar-refractivity contribution in [2.45, 2.75) is 46.0 Å². The van der Waals surface area contributed by atoms with E-state index in [0.717, 1.165) is 12.8 Å². The van der Waals surface area contributed by atoms with E-state index in [0.29, 0.717) is 23.3 Å². The van der Waals surface area contributed by atoms with Gasteiger partial charge in [-0.15, -0.1) is 11.3 Å². The zero-order valence-corrected chi connectivity index (χ0v) is 15.5. The molecule has 2 rings (SSSR count). The van der Waals surface area contributed by atoms with Crippen LogP contribution >= 0.6 is 11.3 Å². The van der Waals surface area contributed by atoms with Crippen LogP contribution in [0.1, 0.15) is 55.8 Å². The van der Waals surface area contributed by atoms with E-state index in [1.165, 1.54) is 30.4 Å². The van der Waals surface area contributed by atoms with E-state index in [2.05, 4.69) is 29.5 Å². The lowest BCUT2D eigenvalue weighted by Crippen LogP contribution is -2.30. The maximum atomic E-state index is 12.1. The van der Waals surface area contributed by atoms with Gasteiger partial charge in [-0.3, -0.25) is 14.9 Å². The second kappa shape index (κ2) is 9.98. The van der Waals surface area contributed by atoms with E-state index in [-0.39, 0.29) is 24.0 Å². The number of nitrogens with one attached hydrogen (secondary N) is 2. The SMILES string of the molecule is CCCCC(CC)CNC(=O)Cc1csc(NC(=O)c2ccco2)n1. The fourth-order valence-electron chi connectivity index (χ4n) is 2.44. The van der Waals surface area contributed by atoms with Crippen molar-refractivity contribution in [3.63, 3.8) is 0 Å². The van der Waals surface area contributed by atoms with Gasteiger partial charge in [0.15, 0.2) is 10.9 Å². The number of anilines is 1. The Hall–Kier alpha value is -2.15. The van der Waals surface area contributed by atoms with Crippen LogP contribution in [-0.4, -0.2) is 23.3 Å². The normalized spacial score (nSPS) is 11.9. The summed E-state index contributed by atoms with van der Waals surface area (Å²) in [5.41, 5.74) is 0.652. The van der Waals surface area contributed by atoms with E-state index in [1.54, 1.807) is 17.5 Å². The van der Waals surface area contributed by atoms with E-state index in [1.807, 2.05) is 0 Å². The van der Waals surface area contributed by atoms with Crippen molar-refractivity contribution in [1.29, 1.82) is 0 Å². The molecule has 7 heteroatoms. The summed E-state index contributed by atoms with van der Waals surface area (Å²) in [6, 6.07) is 3.23. The third-order valence-electron chi connectivity index (χ3n) is 3.99. The Kier molecular flexibility index (Phi) is 7.66. The van der Waals surface area contributed by atoms with E-state index < -0.39 is 0 Å². The molecule has 2 aromatic heterocycles. The van der Waals surface area contributed by atoms with Crippen molar-refractivity contribution in [3.05, 3.63) is 35.2 Å². The van der Waals surface area contributed by atoms with Crippen molar-refractivity contribution in [3.8, 4) is 0 Å². The predicted molar refractivity (Wildman–Crippen MR) is 98.8 cm³/mol. The Morgan fingerprint density at radius 2 is 2.20 bits per heavy atom. The molecule has 0 bridgehead atoms. The van der Waals surface area contributed by atoms with Crippen LogP contribution in [0, 0.1) is 5.92 Å². The van der Waals surface area contributed by atoms with Crippen molar-refractivity contribution in [1.82, 2.24) is 10.3 Å². The highest BCUT2D eigenvalue weighted by Crippen LogP contribution is 2.17. The number of hydrogen-bond acceptors (Lipinski definition) is 5. The van der Waals surface area contributed by atoms with Gasteiger partial charge >= 0.3 is 0 Å². The maximum Gasteiger partial charge on any atom is 0.293 e. The molecular weight excluding hydrogens is 338 g/mol. The summed E-state index contributed by atoms with van der Waals surface area (Å²) < 4.78 is 5.03. The Morgan fingerprint density at radius 3 is 2.88 bits per heavy atom. The minimum Gasteiger partial charge on any atom is -0.459 e. The van der Waals surface area contributed by atoms with Crippen molar-refractivity contribution < 1.29 is 14.0 Å². The van der Waals surface area contributed by atoms with E-state index >= 15 is 0 Å². The standard InChI is InChI=1S/C18H25N3O3S/c1-3-5-7-13(4-2)11-19-16(22)10-14-12-25-18(20-14)21-17(23)15-8-6-9-24-15/h6,8-9,12-13H,3-5,7,10-11H2,1-2H3,(H,19,22)(H,20,21,23). The largest absolute Gasteiger partial charge is 0.459 e. The van der Waals surface area contributed by atoms with Gasteiger partial charge in [0.1, 0.15) is 0 Å². The van der Waals surface area contributed by atoms with Gasteiger partial charge in [0.25, 0.3) is 5.91 Å². The third kappa shape index (κ3) is 6.34. The number of furan rings is 1. The molecule has 0 fully saturated rings. The van der Waals surface area contributed by atoms with Crippen molar-refractivity contribution in [2.75, 3.05) is 11.9 Å². The number of unbranched alkanes of at least 4 members (excludes halogenated alkanes) is 1. The van der Waals surface area contributed by atoms with Gasteiger partial charge in [0.05, 0.1) is 18.4 Å². The van der Waals surface area contributed by atoms with Crippen LogP contribution in [0.3, 0.4) is 0 Å². The van der Waals surface area contributed by atoms with Gasteiger partial charge in [-0.2, -0.15) is 0 Å². The molecule has 0 radical (unpaired) electrons. The zero-order valence-electron chi connectivity index (χ0n) is 14.7. The smallest absolute Gasteiger partial charge is 0.293 e. The first-order valence-electron chi connectivity index (χ1n) is 8.68. The van der Waals surface area contributed by atoms with Gasteiger partial charge in [-0.1, -0.05) is 33.1 Å². The van der Waals surface area contributed by atoms with Crippen LogP contribution in [0.4, 0.5) is 5.13 Å². The quantitative estimate of drug-likeness (QED) is 0.671. The molecule has 25 heavy (non-hydrogen) atoms. The third-order valence-corrected chi connectivity index (χ3v) is 4.80. The van der Waals surface area contributed by atoms with E-state index in [4.69, 9.17) is 4.42 Å². The number of hydrogen-bond donors (Lipinski definition) is 2. The van der Waals surface area contributed by atoms with Crippen molar-refractivity contribution >= 4 is 28.3 Å². The molecule has 2 amide bonds. The van der Waals surface area contributed by atoms with Gasteiger partial charge in [-0.25, -0.2) is 4.98 Å². The molecule has 136 valence electrons. The summed E-state index contributed by atoms with van der Waals surface area (Å²) in [6.45, 7) is 5.04. The molecule has 0 aliphatic rings. The molecule has 2 aromatic rings. The Bertz CT molecular complexity index is 667. The number of thiazole rings is 1. The fraction of sp³-hybridized carbons (Fsp3) is 0.500. The Morgan fingerprint density at radius 1 is 1.36 bits per heavy atom. The van der Waals surface area contributed by atoms with E-state index in [9.17, 15) is 9.59 Å². The first kappa shape index (κ1) is 19.2. The van der Waals surface area contributed by atoms with Gasteiger partial charge in [-0.05, 0) is 24.5 Å². The molecule has 2 N–H and O–H groups in total. The Balaban J connectivity index is 1.78. The molecule has 1 unspecified atom stereocenters. The first-order chi connectivity index (χ1) is 12.1. The van der Waals surface area contributed by atoms with Gasteiger partial charge in [0.2, 0.25) is 5.91 Å². The van der Waals surface area contributed by atoms with Crippen LogP contribution in [-0.2, 0) is 11.2 Å². The van der Waals surface area contributed by atoms with Crippen LogP contribution in [0.2, 0.25) is 0 Å². The lowest BCUT2D eigenvalue weighted by atomic mass is 9.99. The number of amides is 2. The molecule has 0 aromatic carbocycles. The minimum absolute atomic E-state index is 0.0378. The fourth-order valence-corrected chi connectivity index (χ4v) is 3.15. The molecule has 2 heterocycles. The second-order valence-electron chi connectivity index (χ2n) is 5.97. The predicted octanol–water partition coefficient (Wildman–Crippen LogP) is 3.86. The van der Waals surface area contributed by atoms with Crippen molar-refractivity contribution in [2.24, 2.45) is 5.92 Å². The highest BCUT2D eigenvalue weighted by Gasteiger charge is 2.13. The number of carbonyl (C=O) groups excluding carboxylic acids is 2. The summed E-state index contributed by atoms with van der Waals surface area (Å²) in [5, 5.41) is 7.89. The van der Waals surface area contributed by atoms with Gasteiger partial charge < -0.3 is 9.73 Å². The van der Waals surface area contributed by atoms with Crippen LogP contribution in [0.25, 0.3) is 0 Å². The number of nitrogens with zero attached hydrogens (tertiary/aromatic N) is 1. The summed E-state index contributed by atoms with van der Waals surface area (Å²) in [6.07, 6.45) is 6.25. The monoisotopic (exact) mass is 363 g/mol. The van der Waals surface area contributed by atoms with Crippen LogP contribution in [0.5, 0.6) is 0 Å². The van der Waals surface area contributed by atoms with Gasteiger partial charge in [0, 0.05) is 11.9 Å². The second-order valence-corrected chi connectivity index (χ2v) is 6.83. The average molecular weight is 363 g/mol. The average Bonchev–Trinajstić information content (AvgIpc) is 3.27. The summed E-state index contributed by atoms with van der Waals surface area (Å²) in [7, 11) is 0. The number of carbonyl (C=O) groups is 2. The molecule has 0 aliphatic heterocycles. The molecule has 0 saturated carbocycles. The topological polar surface area (TPSA) is 84.2 Å². The highest BCUT2D eigenvalue weighted by molar-refractivity contribution is 7.14.